The molecule has 2 aliphatic carbocycles. The molecule has 3 heteroatoms. The zero-order valence-electron chi connectivity index (χ0n) is 5.57. The van der Waals surface area contributed by atoms with E-state index in [0.717, 1.165) is 0 Å². The minimum atomic E-state index is -0.570. The van der Waals surface area contributed by atoms with E-state index in [4.69, 9.17) is 5.73 Å². The molecular weight excluding hydrogens is 148 g/mol. The van der Waals surface area contributed by atoms with Crippen LogP contribution in [0.5, 0.6) is 0 Å². The summed E-state index contributed by atoms with van der Waals surface area (Å²) < 4.78 is 25.3. The second-order valence-corrected chi connectivity index (χ2v) is 2.39. The van der Waals surface area contributed by atoms with Crippen molar-refractivity contribution in [2.24, 2.45) is 5.73 Å². The van der Waals surface area contributed by atoms with Gasteiger partial charge in [-0.2, -0.15) is 0 Å². The van der Waals surface area contributed by atoms with Gasteiger partial charge in [0.1, 0.15) is 11.7 Å². The third kappa shape index (κ3) is 0.738. The molecule has 0 bridgehead atoms. The van der Waals surface area contributed by atoms with Gasteiger partial charge in [-0.3, -0.25) is 0 Å². The molecule has 0 heterocycles. The standard InChI is InChI=1S/C8H5F2N/c9-5-3-1-2-4-6(7(4)10)8(5)11/h1-3H,11H2. The first-order valence-electron chi connectivity index (χ1n) is 3.16. The molecule has 56 valence electrons. The van der Waals surface area contributed by atoms with Crippen molar-refractivity contribution in [3.05, 3.63) is 46.7 Å². The Hall–Kier alpha value is -1.38. The molecule has 2 aliphatic rings. The van der Waals surface area contributed by atoms with E-state index >= 15 is 0 Å². The molecule has 0 aromatic carbocycles. The molecule has 0 aliphatic heterocycles. The molecule has 0 fully saturated rings. The van der Waals surface area contributed by atoms with Crippen LogP contribution in [-0.4, -0.2) is 0 Å². The number of nitrogens with two attached hydrogens (primary N) is 1. The molecule has 0 saturated heterocycles. The van der Waals surface area contributed by atoms with Gasteiger partial charge >= 0.3 is 0 Å². The molecular formula is C8H5F2N. The predicted molar refractivity (Wildman–Crippen MR) is 37.7 cm³/mol. The Morgan fingerprint density at radius 3 is 2.73 bits per heavy atom. The smallest absolute Gasteiger partial charge is 0.146 e. The van der Waals surface area contributed by atoms with Crippen LogP contribution in [0.1, 0.15) is 0 Å². The molecule has 0 aromatic heterocycles. The minimum Gasteiger partial charge on any atom is -0.396 e. The van der Waals surface area contributed by atoms with Gasteiger partial charge in [-0.15, -0.1) is 0 Å². The fourth-order valence-corrected chi connectivity index (χ4v) is 1.04. The van der Waals surface area contributed by atoms with Crippen molar-refractivity contribution in [1.82, 2.24) is 0 Å². The summed E-state index contributed by atoms with van der Waals surface area (Å²) in [6.45, 7) is 0. The molecule has 0 unspecified atom stereocenters. The zero-order valence-corrected chi connectivity index (χ0v) is 5.57. The van der Waals surface area contributed by atoms with Crippen LogP contribution in [-0.2, 0) is 0 Å². The first-order valence-corrected chi connectivity index (χ1v) is 3.16. The van der Waals surface area contributed by atoms with E-state index in [0.29, 0.717) is 5.57 Å². The molecule has 2 rings (SSSR count). The Labute approximate surface area is 62.2 Å². The van der Waals surface area contributed by atoms with Crippen molar-refractivity contribution in [2.75, 3.05) is 0 Å². The van der Waals surface area contributed by atoms with Gasteiger partial charge in [0.05, 0.1) is 5.70 Å². The lowest BCUT2D eigenvalue weighted by atomic mass is 10.3. The number of hydrogen-bond acceptors (Lipinski definition) is 1. The number of fused-ring (bicyclic) bond motifs is 1. The maximum absolute atomic E-state index is 12.7. The quantitative estimate of drug-likeness (QED) is 0.564. The van der Waals surface area contributed by atoms with Crippen LogP contribution >= 0.6 is 0 Å². The molecule has 0 radical (unpaired) electrons. The van der Waals surface area contributed by atoms with Gasteiger partial charge in [0, 0.05) is 11.1 Å². The van der Waals surface area contributed by atoms with E-state index in [9.17, 15) is 8.78 Å². The fourth-order valence-electron chi connectivity index (χ4n) is 1.04. The van der Waals surface area contributed by atoms with Gasteiger partial charge in [0.2, 0.25) is 0 Å². The summed E-state index contributed by atoms with van der Waals surface area (Å²) in [6, 6.07) is 0. The fraction of sp³-hybridized carbons (Fsp3) is 0. The van der Waals surface area contributed by atoms with Crippen LogP contribution in [0.15, 0.2) is 46.7 Å². The number of hydrogen-bond donors (Lipinski definition) is 1. The van der Waals surface area contributed by atoms with Crippen LogP contribution in [0.25, 0.3) is 0 Å². The van der Waals surface area contributed by atoms with Crippen molar-refractivity contribution in [3.8, 4) is 0 Å². The first kappa shape index (κ1) is 6.34. The van der Waals surface area contributed by atoms with E-state index in [-0.39, 0.29) is 17.1 Å². The van der Waals surface area contributed by atoms with Crippen LogP contribution in [0.3, 0.4) is 0 Å². The van der Waals surface area contributed by atoms with E-state index < -0.39 is 5.83 Å². The average Bonchev–Trinajstić information content (AvgIpc) is 2.62. The minimum absolute atomic E-state index is 0.0949. The van der Waals surface area contributed by atoms with E-state index in [1.807, 2.05) is 0 Å². The molecule has 0 amide bonds. The Bertz CT molecular complexity index is 345. The molecule has 0 aromatic rings. The molecule has 2 N–H and O–H groups in total. The highest BCUT2D eigenvalue weighted by Gasteiger charge is 2.33. The maximum atomic E-state index is 12.7. The first-order chi connectivity index (χ1) is 5.22. The zero-order chi connectivity index (χ0) is 8.01. The highest BCUT2D eigenvalue weighted by molar-refractivity contribution is 5.72. The maximum Gasteiger partial charge on any atom is 0.146 e. The van der Waals surface area contributed by atoms with Crippen molar-refractivity contribution in [3.63, 3.8) is 0 Å². The number of allylic oxidation sites excluding steroid dienone is 7. The van der Waals surface area contributed by atoms with Gasteiger partial charge in [-0.1, -0.05) is 12.2 Å². The van der Waals surface area contributed by atoms with Crippen LogP contribution in [0, 0.1) is 0 Å². The van der Waals surface area contributed by atoms with Crippen LogP contribution < -0.4 is 5.73 Å². The lowest BCUT2D eigenvalue weighted by Crippen LogP contribution is -1.97. The van der Waals surface area contributed by atoms with Crippen molar-refractivity contribution < 1.29 is 8.78 Å². The summed E-state index contributed by atoms with van der Waals surface area (Å²) in [5.41, 5.74) is 5.83. The van der Waals surface area contributed by atoms with Gasteiger partial charge in [0.25, 0.3) is 0 Å². The molecule has 11 heavy (non-hydrogen) atoms. The third-order valence-electron chi connectivity index (χ3n) is 1.69. The number of rotatable bonds is 0. The van der Waals surface area contributed by atoms with Crippen molar-refractivity contribution >= 4 is 0 Å². The summed E-state index contributed by atoms with van der Waals surface area (Å²) in [5.74, 6) is -0.957. The van der Waals surface area contributed by atoms with Crippen molar-refractivity contribution in [1.29, 1.82) is 0 Å². The lowest BCUT2D eigenvalue weighted by molar-refractivity contribution is 0.643. The van der Waals surface area contributed by atoms with Crippen LogP contribution in [0.4, 0.5) is 8.78 Å². The Morgan fingerprint density at radius 2 is 2.00 bits per heavy atom. The largest absolute Gasteiger partial charge is 0.396 e. The molecule has 0 atom stereocenters. The van der Waals surface area contributed by atoms with Gasteiger partial charge in [-0.05, 0) is 6.08 Å². The Morgan fingerprint density at radius 1 is 1.27 bits per heavy atom. The average molecular weight is 153 g/mol. The summed E-state index contributed by atoms with van der Waals surface area (Å²) in [4.78, 5) is 0. The predicted octanol–water partition coefficient (Wildman–Crippen LogP) is 1.86. The third-order valence-corrected chi connectivity index (χ3v) is 1.69. The van der Waals surface area contributed by atoms with Gasteiger partial charge in [0.15, 0.2) is 0 Å². The van der Waals surface area contributed by atoms with Gasteiger partial charge < -0.3 is 5.73 Å². The summed E-state index contributed by atoms with van der Waals surface area (Å²) in [5, 5.41) is 0. The monoisotopic (exact) mass is 153 g/mol. The van der Waals surface area contributed by atoms with E-state index in [2.05, 4.69) is 0 Å². The number of halogens is 2. The highest BCUT2D eigenvalue weighted by atomic mass is 19.1. The normalized spacial score (nSPS) is 21.5. The Balaban J connectivity index is 2.52. The summed E-state index contributed by atoms with van der Waals surface area (Å²) in [7, 11) is 0. The summed E-state index contributed by atoms with van der Waals surface area (Å²) in [6.07, 6.45) is 4.16. The lowest BCUT2D eigenvalue weighted by Gasteiger charge is -1.92. The second kappa shape index (κ2) is 1.81. The topological polar surface area (TPSA) is 26.0 Å². The molecule has 1 nitrogen and oxygen atoms in total. The van der Waals surface area contributed by atoms with E-state index in [1.165, 1.54) is 18.2 Å². The highest BCUT2D eigenvalue weighted by Crippen LogP contribution is 2.44. The molecule has 0 saturated carbocycles. The summed E-state index contributed by atoms with van der Waals surface area (Å²) >= 11 is 0. The second-order valence-electron chi connectivity index (χ2n) is 2.39. The Kier molecular flexibility index (Phi) is 1.04. The van der Waals surface area contributed by atoms with Crippen LogP contribution in [0.2, 0.25) is 0 Å². The van der Waals surface area contributed by atoms with E-state index in [1.54, 1.807) is 0 Å². The van der Waals surface area contributed by atoms with Gasteiger partial charge in [-0.25, -0.2) is 8.78 Å². The molecule has 0 spiro atoms. The SMILES string of the molecule is NC1=C2C(F)=C2C=CC=C1F. The van der Waals surface area contributed by atoms with Crippen molar-refractivity contribution in [2.45, 2.75) is 0 Å².